The summed E-state index contributed by atoms with van der Waals surface area (Å²) in [4.78, 5) is 40.3. The molecule has 2 N–H and O–H groups in total. The molecule has 1 aliphatic rings. The van der Waals surface area contributed by atoms with Gasteiger partial charge in [0.05, 0.1) is 24.2 Å². The number of anilines is 2. The standard InChI is InChI=1S/C22H23ClN4O4S/c1-14(28)24-10-11-26-18(13-20(29)25-15-6-4-3-5-7-15)21(30)27(22(26)32)16-8-9-19(31-2)17(23)12-16/h3-9,12,18H,10-11,13H2,1-2H3,(H,24,28)(H,25,29). The maximum atomic E-state index is 13.3. The van der Waals surface area contributed by atoms with Crippen molar-refractivity contribution in [2.45, 2.75) is 19.4 Å². The second-order valence-corrected chi connectivity index (χ2v) is 7.86. The van der Waals surface area contributed by atoms with E-state index in [1.807, 2.05) is 6.07 Å². The normalized spacial score (nSPS) is 15.7. The Morgan fingerprint density at radius 2 is 1.91 bits per heavy atom. The number of carbonyl (C=O) groups is 3. The molecule has 1 fully saturated rings. The molecule has 0 aromatic heterocycles. The molecule has 1 saturated heterocycles. The second kappa shape index (κ2) is 10.4. The maximum absolute atomic E-state index is 13.3. The van der Waals surface area contributed by atoms with Crippen LogP contribution in [-0.2, 0) is 14.4 Å². The minimum Gasteiger partial charge on any atom is -0.495 e. The van der Waals surface area contributed by atoms with Gasteiger partial charge in [-0.05, 0) is 42.5 Å². The largest absolute Gasteiger partial charge is 0.495 e. The van der Waals surface area contributed by atoms with E-state index >= 15 is 0 Å². The first-order chi connectivity index (χ1) is 15.3. The summed E-state index contributed by atoms with van der Waals surface area (Å²) in [5.41, 5.74) is 1.11. The van der Waals surface area contributed by atoms with Gasteiger partial charge in [0.2, 0.25) is 11.8 Å². The van der Waals surface area contributed by atoms with Crippen LogP contribution in [0.25, 0.3) is 0 Å². The molecule has 2 aromatic carbocycles. The molecule has 32 heavy (non-hydrogen) atoms. The van der Waals surface area contributed by atoms with Gasteiger partial charge in [-0.15, -0.1) is 0 Å². The summed E-state index contributed by atoms with van der Waals surface area (Å²) in [7, 11) is 1.50. The number of benzene rings is 2. The second-order valence-electron chi connectivity index (χ2n) is 7.09. The van der Waals surface area contributed by atoms with Crippen molar-refractivity contribution >= 4 is 58.0 Å². The van der Waals surface area contributed by atoms with E-state index in [1.165, 1.54) is 18.9 Å². The lowest BCUT2D eigenvalue weighted by molar-refractivity contribution is -0.124. The maximum Gasteiger partial charge on any atom is 0.256 e. The third-order valence-electron chi connectivity index (χ3n) is 4.88. The molecule has 168 valence electrons. The molecule has 0 saturated carbocycles. The van der Waals surface area contributed by atoms with Crippen molar-refractivity contribution in [2.24, 2.45) is 0 Å². The van der Waals surface area contributed by atoms with E-state index in [1.54, 1.807) is 47.4 Å². The number of nitrogens with one attached hydrogen (secondary N) is 2. The van der Waals surface area contributed by atoms with Gasteiger partial charge in [-0.3, -0.25) is 19.3 Å². The van der Waals surface area contributed by atoms with Crippen molar-refractivity contribution in [3.05, 3.63) is 53.6 Å². The number of hydrogen-bond donors (Lipinski definition) is 2. The highest BCUT2D eigenvalue weighted by Crippen LogP contribution is 2.33. The van der Waals surface area contributed by atoms with Gasteiger partial charge in [0.1, 0.15) is 11.8 Å². The molecule has 3 rings (SSSR count). The Kier molecular flexibility index (Phi) is 7.66. The van der Waals surface area contributed by atoms with Crippen molar-refractivity contribution in [3.8, 4) is 5.75 Å². The molecule has 10 heteroatoms. The van der Waals surface area contributed by atoms with Gasteiger partial charge in [-0.25, -0.2) is 0 Å². The van der Waals surface area contributed by atoms with Crippen LogP contribution in [0, 0.1) is 0 Å². The fraction of sp³-hybridized carbons (Fsp3) is 0.273. The Morgan fingerprint density at radius 3 is 2.53 bits per heavy atom. The lowest BCUT2D eigenvalue weighted by Crippen LogP contribution is -2.42. The summed E-state index contributed by atoms with van der Waals surface area (Å²) >= 11 is 11.8. The van der Waals surface area contributed by atoms with Crippen LogP contribution in [0.1, 0.15) is 13.3 Å². The van der Waals surface area contributed by atoms with E-state index in [9.17, 15) is 14.4 Å². The van der Waals surface area contributed by atoms with Crippen LogP contribution in [0.3, 0.4) is 0 Å². The van der Waals surface area contributed by atoms with Gasteiger partial charge in [-0.1, -0.05) is 29.8 Å². The van der Waals surface area contributed by atoms with E-state index < -0.39 is 6.04 Å². The molecular formula is C22H23ClN4O4S. The molecule has 0 spiro atoms. The average molecular weight is 475 g/mol. The van der Waals surface area contributed by atoms with Crippen molar-refractivity contribution < 1.29 is 19.1 Å². The number of methoxy groups -OCH3 is 1. The first-order valence-corrected chi connectivity index (χ1v) is 10.7. The minimum atomic E-state index is -0.819. The number of para-hydroxylation sites is 1. The van der Waals surface area contributed by atoms with Gasteiger partial charge in [0.15, 0.2) is 5.11 Å². The molecule has 0 radical (unpaired) electrons. The first-order valence-electron chi connectivity index (χ1n) is 9.89. The number of rotatable bonds is 8. The zero-order chi connectivity index (χ0) is 23.3. The summed E-state index contributed by atoms with van der Waals surface area (Å²) in [6.07, 6.45) is -0.103. The Balaban J connectivity index is 1.83. The van der Waals surface area contributed by atoms with Gasteiger partial charge in [-0.2, -0.15) is 0 Å². The van der Waals surface area contributed by atoms with Crippen molar-refractivity contribution in [3.63, 3.8) is 0 Å². The fourth-order valence-corrected chi connectivity index (χ4v) is 4.05. The van der Waals surface area contributed by atoms with Crippen LogP contribution < -0.4 is 20.3 Å². The number of nitrogens with zero attached hydrogens (tertiary/aromatic N) is 2. The average Bonchev–Trinajstić information content (AvgIpc) is 2.98. The minimum absolute atomic E-state index is 0.103. The van der Waals surface area contributed by atoms with Gasteiger partial charge < -0.3 is 20.3 Å². The zero-order valence-corrected chi connectivity index (χ0v) is 19.2. The molecule has 1 heterocycles. The summed E-state index contributed by atoms with van der Waals surface area (Å²) < 4.78 is 5.17. The number of amides is 3. The van der Waals surface area contributed by atoms with Gasteiger partial charge >= 0.3 is 0 Å². The van der Waals surface area contributed by atoms with Crippen molar-refractivity contribution in [2.75, 3.05) is 30.4 Å². The van der Waals surface area contributed by atoms with Crippen LogP contribution in [0.15, 0.2) is 48.5 Å². The van der Waals surface area contributed by atoms with Crippen LogP contribution >= 0.6 is 23.8 Å². The lowest BCUT2D eigenvalue weighted by Gasteiger charge is -2.24. The number of thiocarbonyl (C=S) groups is 1. The lowest BCUT2D eigenvalue weighted by atomic mass is 10.1. The monoisotopic (exact) mass is 474 g/mol. The molecule has 8 nitrogen and oxygen atoms in total. The zero-order valence-electron chi connectivity index (χ0n) is 17.6. The molecular weight excluding hydrogens is 452 g/mol. The highest BCUT2D eigenvalue weighted by molar-refractivity contribution is 7.80. The summed E-state index contributed by atoms with van der Waals surface area (Å²) in [5.74, 6) is -0.397. The molecule has 1 atom stereocenters. The molecule has 1 unspecified atom stereocenters. The fourth-order valence-electron chi connectivity index (χ4n) is 3.38. The van der Waals surface area contributed by atoms with Crippen LogP contribution in [0.4, 0.5) is 11.4 Å². The quantitative estimate of drug-likeness (QED) is 0.572. The predicted octanol–water partition coefficient (Wildman–Crippen LogP) is 2.82. The van der Waals surface area contributed by atoms with E-state index in [-0.39, 0.29) is 42.3 Å². The molecule has 0 bridgehead atoms. The highest BCUT2D eigenvalue weighted by atomic mass is 35.5. The Morgan fingerprint density at radius 1 is 1.19 bits per heavy atom. The van der Waals surface area contributed by atoms with Gasteiger partial charge in [0, 0.05) is 25.7 Å². The molecule has 2 aromatic rings. The van der Waals surface area contributed by atoms with Gasteiger partial charge in [0.25, 0.3) is 5.91 Å². The Labute approximate surface area is 196 Å². The van der Waals surface area contributed by atoms with Crippen LogP contribution in [-0.4, -0.2) is 54.0 Å². The highest BCUT2D eigenvalue weighted by Gasteiger charge is 2.44. The Hall–Kier alpha value is -3.17. The molecule has 0 aliphatic carbocycles. The van der Waals surface area contributed by atoms with Crippen molar-refractivity contribution in [1.82, 2.24) is 10.2 Å². The van der Waals surface area contributed by atoms with Crippen LogP contribution in [0.2, 0.25) is 5.02 Å². The van der Waals surface area contributed by atoms with E-state index in [0.29, 0.717) is 22.1 Å². The predicted molar refractivity (Wildman–Crippen MR) is 127 cm³/mol. The van der Waals surface area contributed by atoms with Crippen molar-refractivity contribution in [1.29, 1.82) is 0 Å². The summed E-state index contributed by atoms with van der Waals surface area (Å²) in [6.45, 7) is 1.95. The number of halogens is 1. The summed E-state index contributed by atoms with van der Waals surface area (Å²) in [5, 5.41) is 6.05. The van der Waals surface area contributed by atoms with Crippen LogP contribution in [0.5, 0.6) is 5.75 Å². The van der Waals surface area contributed by atoms with E-state index in [0.717, 1.165) is 0 Å². The molecule has 1 aliphatic heterocycles. The summed E-state index contributed by atoms with van der Waals surface area (Å²) in [6, 6.07) is 13.1. The third-order valence-corrected chi connectivity index (χ3v) is 5.59. The molecule has 3 amide bonds. The SMILES string of the molecule is COc1ccc(N2C(=O)C(CC(=O)Nc3ccccc3)N(CCNC(C)=O)C2=S)cc1Cl. The van der Waals surface area contributed by atoms with E-state index in [4.69, 9.17) is 28.6 Å². The number of ether oxygens (including phenoxy) is 1. The number of hydrogen-bond acceptors (Lipinski definition) is 5. The Bertz CT molecular complexity index is 1030. The number of carbonyl (C=O) groups excluding carboxylic acids is 3. The third kappa shape index (κ3) is 5.35. The smallest absolute Gasteiger partial charge is 0.256 e. The van der Waals surface area contributed by atoms with E-state index in [2.05, 4.69) is 10.6 Å². The first kappa shape index (κ1) is 23.5. The topological polar surface area (TPSA) is 91.0 Å².